The van der Waals surface area contributed by atoms with Crippen LogP contribution in [-0.4, -0.2) is 37.0 Å². The predicted molar refractivity (Wildman–Crippen MR) is 72.0 cm³/mol. The first-order valence-electron chi connectivity index (χ1n) is 5.28. The second-order valence-electron chi connectivity index (χ2n) is 4.76. The topological polar surface area (TPSA) is 83.6 Å². The summed E-state index contributed by atoms with van der Waals surface area (Å²) < 4.78 is 25.5. The van der Waals surface area contributed by atoms with Crippen molar-refractivity contribution < 1.29 is 13.5 Å². The number of nitrogens with zero attached hydrogens (tertiary/aromatic N) is 1. The highest BCUT2D eigenvalue weighted by atomic mass is 35.5. The number of benzene rings is 1. The minimum atomic E-state index is -3.68. The molecule has 1 rings (SSSR count). The summed E-state index contributed by atoms with van der Waals surface area (Å²) >= 11 is 5.74. The van der Waals surface area contributed by atoms with Crippen LogP contribution in [0.4, 0.5) is 5.69 Å². The minimum Gasteiger partial charge on any atom is -0.397 e. The van der Waals surface area contributed by atoms with Gasteiger partial charge in [0.2, 0.25) is 10.0 Å². The van der Waals surface area contributed by atoms with Gasteiger partial charge in [-0.3, -0.25) is 0 Å². The number of sulfonamides is 1. The molecule has 102 valence electrons. The summed E-state index contributed by atoms with van der Waals surface area (Å²) in [5.41, 5.74) is 4.67. The van der Waals surface area contributed by atoms with Gasteiger partial charge in [0.15, 0.2) is 0 Å². The number of rotatable bonds is 4. The van der Waals surface area contributed by atoms with Crippen LogP contribution >= 0.6 is 11.6 Å². The van der Waals surface area contributed by atoms with Crippen molar-refractivity contribution in [3.63, 3.8) is 0 Å². The number of halogens is 1. The fourth-order valence-corrected chi connectivity index (χ4v) is 2.97. The van der Waals surface area contributed by atoms with E-state index in [1.54, 1.807) is 0 Å². The fourth-order valence-electron chi connectivity index (χ4n) is 1.49. The van der Waals surface area contributed by atoms with E-state index in [2.05, 4.69) is 0 Å². The molecule has 0 aliphatic carbocycles. The lowest BCUT2D eigenvalue weighted by atomic mass is 10.1. The van der Waals surface area contributed by atoms with Gasteiger partial charge in [-0.1, -0.05) is 11.6 Å². The Morgan fingerprint density at radius 2 is 2.00 bits per heavy atom. The van der Waals surface area contributed by atoms with Crippen molar-refractivity contribution in [3.05, 3.63) is 23.2 Å². The number of anilines is 1. The molecular formula is C11H17ClN2O3S. The van der Waals surface area contributed by atoms with Gasteiger partial charge in [0.1, 0.15) is 0 Å². The van der Waals surface area contributed by atoms with E-state index >= 15 is 0 Å². The van der Waals surface area contributed by atoms with Gasteiger partial charge in [-0.05, 0) is 32.0 Å². The summed E-state index contributed by atoms with van der Waals surface area (Å²) in [7, 11) is -2.28. The highest BCUT2D eigenvalue weighted by molar-refractivity contribution is 7.89. The smallest absolute Gasteiger partial charge is 0.242 e. The SMILES string of the molecule is CN(CC(C)(C)O)S(=O)(=O)c1ccc(Cl)c(N)c1. The number of hydrogen-bond donors (Lipinski definition) is 2. The van der Waals surface area contributed by atoms with Crippen LogP contribution in [0.25, 0.3) is 0 Å². The maximum absolute atomic E-state index is 12.2. The normalized spacial score (nSPS) is 13.0. The Morgan fingerprint density at radius 3 is 2.44 bits per heavy atom. The van der Waals surface area contributed by atoms with Crippen LogP contribution in [0.3, 0.4) is 0 Å². The minimum absolute atomic E-state index is 0.0160. The van der Waals surface area contributed by atoms with Crippen molar-refractivity contribution in [1.82, 2.24) is 4.31 Å². The van der Waals surface area contributed by atoms with Crippen molar-refractivity contribution >= 4 is 27.3 Å². The van der Waals surface area contributed by atoms with Crippen LogP contribution < -0.4 is 5.73 Å². The number of nitrogens with two attached hydrogens (primary N) is 1. The van der Waals surface area contributed by atoms with E-state index in [0.717, 1.165) is 4.31 Å². The molecule has 0 bridgehead atoms. The van der Waals surface area contributed by atoms with E-state index in [-0.39, 0.29) is 17.1 Å². The molecule has 18 heavy (non-hydrogen) atoms. The maximum atomic E-state index is 12.2. The average molecular weight is 293 g/mol. The summed E-state index contributed by atoms with van der Waals surface area (Å²) in [6, 6.07) is 4.12. The molecule has 3 N–H and O–H groups in total. The standard InChI is InChI=1S/C11H17ClN2O3S/c1-11(2,15)7-14(3)18(16,17)8-4-5-9(12)10(13)6-8/h4-6,15H,7,13H2,1-3H3. The molecule has 0 aliphatic rings. The quantitative estimate of drug-likeness (QED) is 0.820. The Bertz CT molecular complexity index is 538. The van der Waals surface area contributed by atoms with Gasteiger partial charge in [0.05, 0.1) is 21.2 Å². The Labute approximate surface area is 112 Å². The molecule has 5 nitrogen and oxygen atoms in total. The van der Waals surface area contributed by atoms with Crippen molar-refractivity contribution in [2.24, 2.45) is 0 Å². The number of likely N-dealkylation sites (N-methyl/N-ethyl adjacent to an activating group) is 1. The van der Waals surface area contributed by atoms with Gasteiger partial charge in [-0.25, -0.2) is 8.42 Å². The number of hydrogen-bond acceptors (Lipinski definition) is 4. The highest BCUT2D eigenvalue weighted by Gasteiger charge is 2.26. The first kappa shape index (κ1) is 15.2. The van der Waals surface area contributed by atoms with E-state index in [1.807, 2.05) is 0 Å². The first-order chi connectivity index (χ1) is 8.04. The van der Waals surface area contributed by atoms with Gasteiger partial charge in [-0.15, -0.1) is 0 Å². The summed E-state index contributed by atoms with van der Waals surface area (Å²) in [5, 5.41) is 9.95. The second-order valence-corrected chi connectivity index (χ2v) is 7.21. The van der Waals surface area contributed by atoms with Crippen LogP contribution in [0, 0.1) is 0 Å². The monoisotopic (exact) mass is 292 g/mol. The van der Waals surface area contributed by atoms with E-state index < -0.39 is 15.6 Å². The molecule has 0 saturated carbocycles. The molecule has 0 amide bonds. The first-order valence-corrected chi connectivity index (χ1v) is 7.09. The summed E-state index contributed by atoms with van der Waals surface area (Å²) in [4.78, 5) is 0.0520. The molecule has 7 heteroatoms. The molecule has 0 aliphatic heterocycles. The van der Waals surface area contributed by atoms with Gasteiger partial charge >= 0.3 is 0 Å². The Kier molecular flexibility index (Phi) is 4.27. The Balaban J connectivity index is 3.10. The predicted octanol–water partition coefficient (Wildman–Crippen LogP) is 1.31. The van der Waals surface area contributed by atoms with Gasteiger partial charge < -0.3 is 10.8 Å². The van der Waals surface area contributed by atoms with E-state index in [0.29, 0.717) is 5.02 Å². The lowest BCUT2D eigenvalue weighted by Crippen LogP contribution is -2.39. The molecule has 0 spiro atoms. The third kappa shape index (κ3) is 3.58. The Morgan fingerprint density at radius 1 is 1.44 bits per heavy atom. The van der Waals surface area contributed by atoms with Crippen LogP contribution in [0.2, 0.25) is 5.02 Å². The van der Waals surface area contributed by atoms with Crippen LogP contribution in [0.5, 0.6) is 0 Å². The molecule has 0 saturated heterocycles. The van der Waals surface area contributed by atoms with Crippen molar-refractivity contribution in [2.75, 3.05) is 19.3 Å². The Hall–Kier alpha value is -0.820. The van der Waals surface area contributed by atoms with Crippen LogP contribution in [0.1, 0.15) is 13.8 Å². The zero-order valence-corrected chi connectivity index (χ0v) is 12.1. The molecule has 0 aromatic heterocycles. The third-order valence-electron chi connectivity index (χ3n) is 2.29. The molecule has 0 heterocycles. The highest BCUT2D eigenvalue weighted by Crippen LogP contribution is 2.24. The fraction of sp³-hybridized carbons (Fsp3) is 0.455. The van der Waals surface area contributed by atoms with Crippen LogP contribution in [0.15, 0.2) is 23.1 Å². The van der Waals surface area contributed by atoms with E-state index in [9.17, 15) is 13.5 Å². The maximum Gasteiger partial charge on any atom is 0.242 e. The van der Waals surface area contributed by atoms with Crippen LogP contribution in [-0.2, 0) is 10.0 Å². The molecule has 1 aromatic carbocycles. The zero-order valence-electron chi connectivity index (χ0n) is 10.5. The second kappa shape index (κ2) is 5.05. The van der Waals surface area contributed by atoms with Crippen molar-refractivity contribution in [2.45, 2.75) is 24.3 Å². The number of aliphatic hydroxyl groups is 1. The summed E-state index contributed by atoms with van der Waals surface area (Å²) in [5.74, 6) is 0. The van der Waals surface area contributed by atoms with Crippen molar-refractivity contribution in [1.29, 1.82) is 0 Å². The van der Waals surface area contributed by atoms with Gasteiger partial charge in [0.25, 0.3) is 0 Å². The lowest BCUT2D eigenvalue weighted by molar-refractivity contribution is 0.0640. The molecule has 0 unspecified atom stereocenters. The molecule has 0 atom stereocenters. The molecule has 1 aromatic rings. The summed E-state index contributed by atoms with van der Waals surface area (Å²) in [6.07, 6.45) is 0. The van der Waals surface area contributed by atoms with E-state index in [1.165, 1.54) is 39.1 Å². The summed E-state index contributed by atoms with van der Waals surface area (Å²) in [6.45, 7) is 3.06. The molecule has 0 radical (unpaired) electrons. The molecule has 0 fully saturated rings. The van der Waals surface area contributed by atoms with Gasteiger partial charge in [0, 0.05) is 13.6 Å². The molecular weight excluding hydrogens is 276 g/mol. The average Bonchev–Trinajstić information content (AvgIpc) is 2.19. The number of nitrogen functional groups attached to an aromatic ring is 1. The van der Waals surface area contributed by atoms with Gasteiger partial charge in [-0.2, -0.15) is 4.31 Å². The third-order valence-corrected chi connectivity index (χ3v) is 4.43. The lowest BCUT2D eigenvalue weighted by Gasteiger charge is -2.25. The van der Waals surface area contributed by atoms with Crippen molar-refractivity contribution in [3.8, 4) is 0 Å². The zero-order chi connectivity index (χ0) is 14.1. The van der Waals surface area contributed by atoms with E-state index in [4.69, 9.17) is 17.3 Å². The largest absolute Gasteiger partial charge is 0.397 e.